The number of aliphatic hydroxyl groups is 2. The van der Waals surface area contributed by atoms with Crippen LogP contribution in [0.25, 0.3) is 0 Å². The summed E-state index contributed by atoms with van der Waals surface area (Å²) in [6, 6.07) is 7.86. The van der Waals surface area contributed by atoms with Gasteiger partial charge in [-0.15, -0.1) is 0 Å². The first-order chi connectivity index (χ1) is 7.86. The lowest BCUT2D eigenvalue weighted by atomic mass is 9.86. The monoisotopic (exact) mass is 236 g/mol. The average Bonchev–Trinajstić information content (AvgIpc) is 2.27. The van der Waals surface area contributed by atoms with E-state index in [1.54, 1.807) is 0 Å². The summed E-state index contributed by atoms with van der Waals surface area (Å²) in [6.45, 7) is 8.47. The third-order valence-corrected chi connectivity index (χ3v) is 3.07. The first kappa shape index (κ1) is 14.2. The van der Waals surface area contributed by atoms with Crippen LogP contribution in [0.2, 0.25) is 0 Å². The predicted octanol–water partition coefficient (Wildman–Crippen LogP) is 3.18. The molecule has 0 bridgehead atoms. The van der Waals surface area contributed by atoms with Crippen LogP contribution in [-0.4, -0.2) is 16.3 Å². The van der Waals surface area contributed by atoms with E-state index in [4.69, 9.17) is 0 Å². The Morgan fingerprint density at radius 3 is 2.00 bits per heavy atom. The van der Waals surface area contributed by atoms with E-state index in [-0.39, 0.29) is 5.41 Å². The van der Waals surface area contributed by atoms with Crippen LogP contribution in [0.15, 0.2) is 24.3 Å². The molecule has 2 atom stereocenters. The van der Waals surface area contributed by atoms with E-state index in [1.807, 2.05) is 31.2 Å². The van der Waals surface area contributed by atoms with Crippen molar-refractivity contribution in [3.05, 3.63) is 35.4 Å². The highest BCUT2D eigenvalue weighted by molar-refractivity contribution is 5.29. The molecule has 0 fully saturated rings. The van der Waals surface area contributed by atoms with Crippen LogP contribution in [0.4, 0.5) is 0 Å². The molecular formula is C15H24O2. The Morgan fingerprint density at radius 2 is 1.59 bits per heavy atom. The molecule has 0 amide bonds. The molecule has 1 rings (SSSR count). The summed E-state index contributed by atoms with van der Waals surface area (Å²) in [5.74, 6) is 0. The maximum atomic E-state index is 9.96. The van der Waals surface area contributed by atoms with E-state index in [0.717, 1.165) is 12.0 Å². The topological polar surface area (TPSA) is 40.5 Å². The second-order valence-electron chi connectivity index (χ2n) is 5.67. The Morgan fingerprint density at radius 1 is 1.06 bits per heavy atom. The van der Waals surface area contributed by atoms with Crippen molar-refractivity contribution in [2.75, 3.05) is 0 Å². The molecule has 0 saturated carbocycles. The van der Waals surface area contributed by atoms with Gasteiger partial charge >= 0.3 is 0 Å². The van der Waals surface area contributed by atoms with Crippen molar-refractivity contribution in [3.8, 4) is 0 Å². The minimum absolute atomic E-state index is 0.117. The third-order valence-electron chi connectivity index (χ3n) is 3.07. The van der Waals surface area contributed by atoms with Gasteiger partial charge in [0.2, 0.25) is 0 Å². The van der Waals surface area contributed by atoms with Crippen molar-refractivity contribution in [2.45, 2.75) is 58.2 Å². The largest absolute Gasteiger partial charge is 0.390 e. The molecule has 2 nitrogen and oxygen atoms in total. The molecule has 0 aliphatic carbocycles. The fourth-order valence-electron chi connectivity index (χ4n) is 1.86. The zero-order valence-corrected chi connectivity index (χ0v) is 11.3. The van der Waals surface area contributed by atoms with Crippen molar-refractivity contribution in [1.82, 2.24) is 0 Å². The molecule has 2 N–H and O–H groups in total. The van der Waals surface area contributed by atoms with E-state index < -0.39 is 12.2 Å². The molecule has 0 heterocycles. The van der Waals surface area contributed by atoms with Crippen LogP contribution in [0.1, 0.15) is 57.8 Å². The molecule has 0 radical (unpaired) electrons. The molecule has 2 heteroatoms. The summed E-state index contributed by atoms with van der Waals surface area (Å²) in [5, 5.41) is 19.7. The average molecular weight is 236 g/mol. The zero-order chi connectivity index (χ0) is 13.1. The maximum Gasteiger partial charge on any atom is 0.105 e. The first-order valence-electron chi connectivity index (χ1n) is 6.33. The fourth-order valence-corrected chi connectivity index (χ4v) is 1.86. The van der Waals surface area contributed by atoms with E-state index in [2.05, 4.69) is 20.8 Å². The number of aliphatic hydroxyl groups excluding tert-OH is 2. The quantitative estimate of drug-likeness (QED) is 0.843. The van der Waals surface area contributed by atoms with Gasteiger partial charge in [0.1, 0.15) is 6.10 Å². The smallest absolute Gasteiger partial charge is 0.105 e. The Hall–Kier alpha value is -0.860. The van der Waals surface area contributed by atoms with Crippen LogP contribution in [0.5, 0.6) is 0 Å². The van der Waals surface area contributed by atoms with Crippen LogP contribution in [0, 0.1) is 0 Å². The van der Waals surface area contributed by atoms with Crippen LogP contribution in [0.3, 0.4) is 0 Å². The van der Waals surface area contributed by atoms with Crippen molar-refractivity contribution in [1.29, 1.82) is 0 Å². The Labute approximate surface area is 104 Å². The zero-order valence-electron chi connectivity index (χ0n) is 11.3. The summed E-state index contributed by atoms with van der Waals surface area (Å²) >= 11 is 0. The van der Waals surface area contributed by atoms with E-state index >= 15 is 0 Å². The van der Waals surface area contributed by atoms with E-state index in [0.29, 0.717) is 6.42 Å². The number of benzene rings is 1. The minimum atomic E-state index is -0.774. The van der Waals surface area contributed by atoms with Gasteiger partial charge in [-0.1, -0.05) is 58.4 Å². The molecule has 0 aliphatic rings. The number of hydrogen-bond acceptors (Lipinski definition) is 2. The van der Waals surface area contributed by atoms with Crippen molar-refractivity contribution in [2.24, 2.45) is 0 Å². The van der Waals surface area contributed by atoms with Gasteiger partial charge in [-0.3, -0.25) is 0 Å². The molecule has 96 valence electrons. The van der Waals surface area contributed by atoms with Gasteiger partial charge in [0, 0.05) is 0 Å². The molecule has 0 spiro atoms. The SMILES string of the molecule is CCCC(O)C(O)c1ccc(C(C)(C)C)cc1. The number of hydrogen-bond donors (Lipinski definition) is 2. The maximum absolute atomic E-state index is 9.96. The Balaban J connectivity index is 2.80. The van der Waals surface area contributed by atoms with Gasteiger partial charge in [-0.05, 0) is 23.0 Å². The summed E-state index contributed by atoms with van der Waals surface area (Å²) in [4.78, 5) is 0. The van der Waals surface area contributed by atoms with Crippen LogP contribution < -0.4 is 0 Å². The lowest BCUT2D eigenvalue weighted by Crippen LogP contribution is -2.18. The molecule has 0 saturated heterocycles. The first-order valence-corrected chi connectivity index (χ1v) is 6.33. The summed E-state index contributed by atoms with van der Waals surface area (Å²) in [7, 11) is 0. The highest BCUT2D eigenvalue weighted by atomic mass is 16.3. The molecular weight excluding hydrogens is 212 g/mol. The molecule has 1 aromatic rings. The lowest BCUT2D eigenvalue weighted by Gasteiger charge is -2.21. The van der Waals surface area contributed by atoms with Crippen molar-refractivity contribution < 1.29 is 10.2 Å². The molecule has 1 aromatic carbocycles. The molecule has 0 aromatic heterocycles. The van der Waals surface area contributed by atoms with Gasteiger partial charge in [-0.25, -0.2) is 0 Å². The van der Waals surface area contributed by atoms with Gasteiger partial charge in [0.15, 0.2) is 0 Å². The van der Waals surface area contributed by atoms with Crippen molar-refractivity contribution >= 4 is 0 Å². The van der Waals surface area contributed by atoms with Crippen LogP contribution in [-0.2, 0) is 5.41 Å². The highest BCUT2D eigenvalue weighted by Crippen LogP contribution is 2.25. The van der Waals surface area contributed by atoms with Crippen molar-refractivity contribution in [3.63, 3.8) is 0 Å². The molecule has 2 unspecified atom stereocenters. The summed E-state index contributed by atoms with van der Waals surface area (Å²) in [6.07, 6.45) is 0.0602. The van der Waals surface area contributed by atoms with Gasteiger partial charge in [-0.2, -0.15) is 0 Å². The normalized spacial score (nSPS) is 15.6. The number of rotatable bonds is 4. The predicted molar refractivity (Wildman–Crippen MR) is 71.0 cm³/mol. The lowest BCUT2D eigenvalue weighted by molar-refractivity contribution is 0.0131. The highest BCUT2D eigenvalue weighted by Gasteiger charge is 2.18. The van der Waals surface area contributed by atoms with Crippen LogP contribution >= 0.6 is 0 Å². The Kier molecular flexibility index (Phi) is 4.72. The molecule has 0 aliphatic heterocycles. The Bertz CT molecular complexity index is 335. The third kappa shape index (κ3) is 3.83. The fraction of sp³-hybridized carbons (Fsp3) is 0.600. The summed E-state index contributed by atoms with van der Waals surface area (Å²) < 4.78 is 0. The summed E-state index contributed by atoms with van der Waals surface area (Å²) in [5.41, 5.74) is 2.14. The standard InChI is InChI=1S/C15H24O2/c1-5-6-13(16)14(17)11-7-9-12(10-8-11)15(2,3)4/h7-10,13-14,16-17H,5-6H2,1-4H3. The molecule has 17 heavy (non-hydrogen) atoms. The van der Waals surface area contributed by atoms with E-state index in [9.17, 15) is 10.2 Å². The minimum Gasteiger partial charge on any atom is -0.390 e. The van der Waals surface area contributed by atoms with Gasteiger partial charge < -0.3 is 10.2 Å². The second-order valence-corrected chi connectivity index (χ2v) is 5.67. The second kappa shape index (κ2) is 5.65. The van der Waals surface area contributed by atoms with Gasteiger partial charge in [0.25, 0.3) is 0 Å². The van der Waals surface area contributed by atoms with Gasteiger partial charge in [0.05, 0.1) is 6.10 Å². The van der Waals surface area contributed by atoms with E-state index in [1.165, 1.54) is 5.56 Å².